The van der Waals surface area contributed by atoms with Gasteiger partial charge in [0.2, 0.25) is 0 Å². The van der Waals surface area contributed by atoms with E-state index >= 15 is 0 Å². The largest absolute Gasteiger partial charge is 0.444 e. The van der Waals surface area contributed by atoms with Gasteiger partial charge in [-0.3, -0.25) is 0 Å². The van der Waals surface area contributed by atoms with Crippen LogP contribution in [0.2, 0.25) is 5.02 Å². The van der Waals surface area contributed by atoms with E-state index in [0.29, 0.717) is 16.7 Å². The van der Waals surface area contributed by atoms with Gasteiger partial charge in [-0.15, -0.1) is 10.2 Å². The molecule has 0 atom stereocenters. The van der Waals surface area contributed by atoms with Crippen molar-refractivity contribution in [2.75, 3.05) is 0 Å². The van der Waals surface area contributed by atoms with Crippen molar-refractivity contribution in [2.24, 2.45) is 7.05 Å². The summed E-state index contributed by atoms with van der Waals surface area (Å²) in [6, 6.07) is 7.43. The van der Waals surface area contributed by atoms with Crippen LogP contribution in [0.4, 0.5) is 4.79 Å². The summed E-state index contributed by atoms with van der Waals surface area (Å²) in [5, 5.41) is 11.9. The molecule has 2 rings (SSSR count). The van der Waals surface area contributed by atoms with Crippen LogP contribution in [0.15, 0.2) is 24.3 Å². The molecule has 24 heavy (non-hydrogen) atoms. The van der Waals surface area contributed by atoms with Crippen molar-refractivity contribution < 1.29 is 9.53 Å². The zero-order valence-corrected chi connectivity index (χ0v) is 15.6. The Morgan fingerprint density at radius 2 is 1.79 bits per heavy atom. The molecule has 0 fully saturated rings. The van der Waals surface area contributed by atoms with Gasteiger partial charge in [-0.1, -0.05) is 23.7 Å². The molecule has 130 valence electrons. The highest BCUT2D eigenvalue weighted by Crippen LogP contribution is 2.28. The molecule has 0 bridgehead atoms. The monoisotopic (exact) mass is 350 g/mol. The van der Waals surface area contributed by atoms with E-state index in [2.05, 4.69) is 15.5 Å². The number of benzene rings is 1. The molecule has 1 amide bonds. The average molecular weight is 351 g/mol. The average Bonchev–Trinajstić information content (AvgIpc) is 2.79. The molecule has 7 heteroatoms. The maximum atomic E-state index is 12.1. The minimum atomic E-state index is -0.760. The summed E-state index contributed by atoms with van der Waals surface area (Å²) in [5.74, 6) is 1.23. The Labute approximate surface area is 147 Å². The Balaban J connectivity index is 2.29. The number of rotatable bonds is 3. The molecule has 1 N–H and O–H groups in total. The SMILES string of the molecule is Cn1c(-c2ccccc2Cl)nnc1C(C)(C)NC(=O)OC(C)(C)C. The normalized spacial score (nSPS) is 12.1. The van der Waals surface area contributed by atoms with Gasteiger partial charge in [0, 0.05) is 12.6 Å². The summed E-state index contributed by atoms with van der Waals surface area (Å²) in [7, 11) is 1.84. The molecule has 1 aromatic heterocycles. The summed E-state index contributed by atoms with van der Waals surface area (Å²) in [5.41, 5.74) is -0.541. The first-order chi connectivity index (χ1) is 11.0. The molecule has 1 aromatic carbocycles. The standard InChI is InChI=1S/C17H23ClN4O2/c1-16(2,3)24-15(23)19-17(4,5)14-21-20-13(22(14)6)11-9-7-8-10-12(11)18/h7-10H,1-6H3,(H,19,23). The minimum Gasteiger partial charge on any atom is -0.444 e. The second kappa shape index (κ2) is 6.43. The fourth-order valence-electron chi connectivity index (χ4n) is 2.37. The third-order valence-corrected chi connectivity index (χ3v) is 3.69. The molecule has 1 heterocycles. The fraction of sp³-hybridized carbons (Fsp3) is 0.471. The number of hydrogen-bond acceptors (Lipinski definition) is 4. The predicted octanol–water partition coefficient (Wildman–Crippen LogP) is 3.90. The van der Waals surface area contributed by atoms with Crippen LogP contribution in [-0.2, 0) is 17.3 Å². The third kappa shape index (κ3) is 4.06. The van der Waals surface area contributed by atoms with Crippen LogP contribution >= 0.6 is 11.6 Å². The van der Waals surface area contributed by atoms with Crippen molar-refractivity contribution in [3.05, 3.63) is 35.1 Å². The van der Waals surface area contributed by atoms with Crippen LogP contribution < -0.4 is 5.32 Å². The molecular weight excluding hydrogens is 328 g/mol. The van der Waals surface area contributed by atoms with Gasteiger partial charge >= 0.3 is 6.09 Å². The highest BCUT2D eigenvalue weighted by molar-refractivity contribution is 6.33. The maximum Gasteiger partial charge on any atom is 0.408 e. The zero-order valence-electron chi connectivity index (χ0n) is 14.8. The first-order valence-corrected chi connectivity index (χ1v) is 8.05. The number of amides is 1. The fourth-order valence-corrected chi connectivity index (χ4v) is 2.59. The number of aromatic nitrogens is 3. The van der Waals surface area contributed by atoms with Crippen molar-refractivity contribution in [3.63, 3.8) is 0 Å². The Morgan fingerprint density at radius 3 is 2.38 bits per heavy atom. The number of hydrogen-bond donors (Lipinski definition) is 1. The van der Waals surface area contributed by atoms with Crippen molar-refractivity contribution in [2.45, 2.75) is 45.8 Å². The Hall–Kier alpha value is -2.08. The maximum absolute atomic E-state index is 12.1. The number of ether oxygens (including phenoxy) is 1. The van der Waals surface area contributed by atoms with Crippen LogP contribution in [-0.4, -0.2) is 26.5 Å². The summed E-state index contributed by atoms with van der Waals surface area (Å²) < 4.78 is 7.13. The molecule has 6 nitrogen and oxygen atoms in total. The Kier molecular flexibility index (Phi) is 4.90. The van der Waals surface area contributed by atoms with E-state index in [9.17, 15) is 4.79 Å². The smallest absolute Gasteiger partial charge is 0.408 e. The predicted molar refractivity (Wildman–Crippen MR) is 93.8 cm³/mol. The quantitative estimate of drug-likeness (QED) is 0.911. The van der Waals surface area contributed by atoms with Crippen molar-refractivity contribution in [3.8, 4) is 11.4 Å². The topological polar surface area (TPSA) is 69.0 Å². The number of carbonyl (C=O) groups excluding carboxylic acids is 1. The summed E-state index contributed by atoms with van der Waals surface area (Å²) in [4.78, 5) is 12.1. The van der Waals surface area contributed by atoms with Crippen LogP contribution in [0.3, 0.4) is 0 Å². The van der Waals surface area contributed by atoms with Crippen molar-refractivity contribution in [1.82, 2.24) is 20.1 Å². The van der Waals surface area contributed by atoms with E-state index in [1.54, 1.807) is 6.07 Å². The summed E-state index contributed by atoms with van der Waals surface area (Å²) in [6.07, 6.45) is -0.505. The van der Waals surface area contributed by atoms with E-state index in [-0.39, 0.29) is 0 Å². The van der Waals surface area contributed by atoms with Gasteiger partial charge in [-0.05, 0) is 46.8 Å². The lowest BCUT2D eigenvalue weighted by atomic mass is 10.0. The second-order valence-corrected chi connectivity index (χ2v) is 7.55. The Bertz CT molecular complexity index is 747. The lowest BCUT2D eigenvalue weighted by molar-refractivity contribution is 0.0464. The molecule has 2 aromatic rings. The lowest BCUT2D eigenvalue weighted by Gasteiger charge is -2.27. The lowest BCUT2D eigenvalue weighted by Crippen LogP contribution is -2.45. The van der Waals surface area contributed by atoms with Crippen molar-refractivity contribution >= 4 is 17.7 Å². The number of halogens is 1. The first kappa shape index (κ1) is 18.3. The number of alkyl carbamates (subject to hydrolysis) is 1. The first-order valence-electron chi connectivity index (χ1n) is 7.67. The highest BCUT2D eigenvalue weighted by Gasteiger charge is 2.31. The molecule has 0 aliphatic heterocycles. The van der Waals surface area contributed by atoms with E-state index in [4.69, 9.17) is 16.3 Å². The van der Waals surface area contributed by atoms with E-state index in [1.807, 2.05) is 64.4 Å². The number of nitrogens with zero attached hydrogens (tertiary/aromatic N) is 3. The highest BCUT2D eigenvalue weighted by atomic mass is 35.5. The van der Waals surface area contributed by atoms with Crippen LogP contribution in [0, 0.1) is 0 Å². The molecule has 0 saturated carbocycles. The van der Waals surface area contributed by atoms with Gasteiger partial charge in [0.15, 0.2) is 11.6 Å². The Morgan fingerprint density at radius 1 is 1.17 bits per heavy atom. The molecular formula is C17H23ClN4O2. The molecule has 0 aliphatic rings. The summed E-state index contributed by atoms with van der Waals surface area (Å²) >= 11 is 6.24. The van der Waals surface area contributed by atoms with Gasteiger partial charge in [-0.2, -0.15) is 0 Å². The number of carbonyl (C=O) groups is 1. The molecule has 0 spiro atoms. The van der Waals surface area contributed by atoms with E-state index in [0.717, 1.165) is 5.56 Å². The van der Waals surface area contributed by atoms with Crippen LogP contribution in [0.25, 0.3) is 11.4 Å². The third-order valence-electron chi connectivity index (χ3n) is 3.36. The molecule has 0 aliphatic carbocycles. The zero-order chi connectivity index (χ0) is 18.1. The van der Waals surface area contributed by atoms with Crippen LogP contribution in [0.1, 0.15) is 40.4 Å². The van der Waals surface area contributed by atoms with Gasteiger partial charge in [0.1, 0.15) is 5.60 Å². The van der Waals surface area contributed by atoms with Gasteiger partial charge in [0.25, 0.3) is 0 Å². The molecule has 0 unspecified atom stereocenters. The van der Waals surface area contributed by atoms with Gasteiger partial charge < -0.3 is 14.6 Å². The summed E-state index contributed by atoms with van der Waals surface area (Å²) in [6.45, 7) is 9.14. The molecule has 0 radical (unpaired) electrons. The minimum absolute atomic E-state index is 0.505. The van der Waals surface area contributed by atoms with Crippen LogP contribution in [0.5, 0.6) is 0 Å². The number of nitrogens with one attached hydrogen (secondary N) is 1. The second-order valence-electron chi connectivity index (χ2n) is 7.14. The van der Waals surface area contributed by atoms with Crippen molar-refractivity contribution in [1.29, 1.82) is 0 Å². The van der Waals surface area contributed by atoms with E-state index < -0.39 is 17.2 Å². The van der Waals surface area contributed by atoms with E-state index in [1.165, 1.54) is 0 Å². The van der Waals surface area contributed by atoms with Gasteiger partial charge in [-0.25, -0.2) is 4.79 Å². The molecule has 0 saturated heterocycles. The van der Waals surface area contributed by atoms with Gasteiger partial charge in [0.05, 0.1) is 10.6 Å².